The molecule has 5 nitrogen and oxygen atoms in total. The molecule has 1 amide bonds. The molecule has 0 spiro atoms. The predicted molar refractivity (Wildman–Crippen MR) is 71.3 cm³/mol. The van der Waals surface area contributed by atoms with E-state index < -0.39 is 5.60 Å². The van der Waals surface area contributed by atoms with Crippen molar-refractivity contribution in [1.82, 2.24) is 14.5 Å². The van der Waals surface area contributed by atoms with Gasteiger partial charge in [0.05, 0.1) is 12.2 Å². The van der Waals surface area contributed by atoms with E-state index in [0.717, 1.165) is 16.8 Å². The number of imidazole rings is 1. The summed E-state index contributed by atoms with van der Waals surface area (Å²) in [5.41, 5.74) is 1.67. The van der Waals surface area contributed by atoms with Gasteiger partial charge in [-0.15, -0.1) is 0 Å². The van der Waals surface area contributed by atoms with Gasteiger partial charge in [-0.2, -0.15) is 0 Å². The zero-order valence-electron chi connectivity index (χ0n) is 11.2. The summed E-state index contributed by atoms with van der Waals surface area (Å²) in [4.78, 5) is 18.1. The van der Waals surface area contributed by atoms with Crippen LogP contribution in [0.15, 0.2) is 4.73 Å². The minimum absolute atomic E-state index is 0.269. The van der Waals surface area contributed by atoms with Crippen molar-refractivity contribution in [3.05, 3.63) is 16.1 Å². The smallest absolute Gasteiger partial charge is 0.410 e. The highest BCUT2D eigenvalue weighted by molar-refractivity contribution is 9.10. The molecular formula is C12H18BrN3O2. The highest BCUT2D eigenvalue weighted by Crippen LogP contribution is 2.23. The Morgan fingerprint density at radius 1 is 1.44 bits per heavy atom. The zero-order valence-corrected chi connectivity index (χ0v) is 12.7. The molecule has 2 heterocycles. The Hall–Kier alpha value is -1.04. The first-order valence-corrected chi connectivity index (χ1v) is 6.75. The maximum Gasteiger partial charge on any atom is 0.410 e. The van der Waals surface area contributed by atoms with Gasteiger partial charge in [0.25, 0.3) is 0 Å². The van der Waals surface area contributed by atoms with Gasteiger partial charge in [0, 0.05) is 25.7 Å². The van der Waals surface area contributed by atoms with Crippen molar-refractivity contribution in [2.45, 2.75) is 39.3 Å². The molecule has 1 aliphatic heterocycles. The van der Waals surface area contributed by atoms with E-state index in [2.05, 4.69) is 20.9 Å². The Bertz CT molecular complexity index is 476. The van der Waals surface area contributed by atoms with E-state index >= 15 is 0 Å². The number of aromatic nitrogens is 2. The number of fused-ring (bicyclic) bond motifs is 1. The fourth-order valence-corrected chi connectivity index (χ4v) is 2.41. The first kappa shape index (κ1) is 13.4. The van der Waals surface area contributed by atoms with Gasteiger partial charge in [0.1, 0.15) is 5.60 Å². The van der Waals surface area contributed by atoms with Crippen molar-refractivity contribution >= 4 is 22.0 Å². The molecule has 100 valence electrons. The van der Waals surface area contributed by atoms with Crippen LogP contribution in [0.3, 0.4) is 0 Å². The van der Waals surface area contributed by atoms with E-state index in [0.29, 0.717) is 13.1 Å². The van der Waals surface area contributed by atoms with Crippen LogP contribution < -0.4 is 0 Å². The van der Waals surface area contributed by atoms with Crippen molar-refractivity contribution in [3.63, 3.8) is 0 Å². The van der Waals surface area contributed by atoms with Gasteiger partial charge in [-0.25, -0.2) is 9.78 Å². The van der Waals surface area contributed by atoms with Crippen LogP contribution in [0.25, 0.3) is 0 Å². The summed E-state index contributed by atoms with van der Waals surface area (Å²) in [6.07, 6.45) is 0.541. The second kappa shape index (κ2) is 4.57. The molecule has 1 aromatic heterocycles. The number of ether oxygens (including phenoxy) is 1. The summed E-state index contributed by atoms with van der Waals surface area (Å²) in [5.74, 6) is 0. The molecule has 0 saturated carbocycles. The second-order valence-electron chi connectivity index (χ2n) is 5.49. The molecule has 18 heavy (non-hydrogen) atoms. The normalized spacial score (nSPS) is 15.5. The van der Waals surface area contributed by atoms with E-state index in [1.165, 1.54) is 5.69 Å². The molecule has 0 fully saturated rings. The van der Waals surface area contributed by atoms with Gasteiger partial charge in [0.15, 0.2) is 4.73 Å². The molecule has 0 aromatic carbocycles. The molecule has 0 aliphatic carbocycles. The number of amides is 1. The number of rotatable bonds is 0. The largest absolute Gasteiger partial charge is 0.444 e. The monoisotopic (exact) mass is 315 g/mol. The third kappa shape index (κ3) is 2.68. The van der Waals surface area contributed by atoms with Crippen molar-refractivity contribution in [1.29, 1.82) is 0 Å². The van der Waals surface area contributed by atoms with Crippen molar-refractivity contribution < 1.29 is 9.53 Å². The maximum absolute atomic E-state index is 12.0. The summed E-state index contributed by atoms with van der Waals surface area (Å²) in [6, 6.07) is 0. The number of hydrogen-bond donors (Lipinski definition) is 0. The van der Waals surface area contributed by atoms with Crippen molar-refractivity contribution in [3.8, 4) is 0 Å². The molecule has 0 N–H and O–H groups in total. The SMILES string of the molecule is Cn1c(Br)nc2c1CCN(C(=O)OC(C)(C)C)C2. The van der Waals surface area contributed by atoms with E-state index in [1.54, 1.807) is 4.90 Å². The topological polar surface area (TPSA) is 47.4 Å². The molecule has 0 unspecified atom stereocenters. The Kier molecular flexibility index (Phi) is 3.40. The van der Waals surface area contributed by atoms with Gasteiger partial charge in [-0.3, -0.25) is 0 Å². The van der Waals surface area contributed by atoms with Crippen molar-refractivity contribution in [2.75, 3.05) is 6.54 Å². The molecule has 0 atom stereocenters. The molecule has 2 rings (SSSR count). The average molecular weight is 316 g/mol. The van der Waals surface area contributed by atoms with Gasteiger partial charge < -0.3 is 14.2 Å². The molecule has 6 heteroatoms. The van der Waals surface area contributed by atoms with Gasteiger partial charge in [0.2, 0.25) is 0 Å². The molecule has 1 aromatic rings. The highest BCUT2D eigenvalue weighted by Gasteiger charge is 2.28. The minimum Gasteiger partial charge on any atom is -0.444 e. The first-order valence-electron chi connectivity index (χ1n) is 5.96. The third-order valence-electron chi connectivity index (χ3n) is 2.85. The van der Waals surface area contributed by atoms with Gasteiger partial charge >= 0.3 is 6.09 Å². The summed E-state index contributed by atoms with van der Waals surface area (Å²) in [6.45, 7) is 6.81. The lowest BCUT2D eigenvalue weighted by molar-refractivity contribution is 0.0220. The van der Waals surface area contributed by atoms with Crippen LogP contribution in [-0.2, 0) is 24.8 Å². The molecule has 0 saturated heterocycles. The standard InChI is InChI=1S/C12H18BrN3O2/c1-12(2,3)18-11(17)16-6-5-9-8(7-16)14-10(13)15(9)4/h5-7H2,1-4H3. The minimum atomic E-state index is -0.456. The lowest BCUT2D eigenvalue weighted by Gasteiger charge is -2.29. The molecule has 0 radical (unpaired) electrons. The first-order chi connectivity index (χ1) is 8.28. The average Bonchev–Trinajstić information content (AvgIpc) is 2.52. The lowest BCUT2D eigenvalue weighted by atomic mass is 10.1. The molecule has 0 bridgehead atoms. The second-order valence-corrected chi connectivity index (χ2v) is 6.19. The van der Waals surface area contributed by atoms with Crippen molar-refractivity contribution in [2.24, 2.45) is 7.05 Å². The number of hydrogen-bond acceptors (Lipinski definition) is 3. The summed E-state index contributed by atoms with van der Waals surface area (Å²) in [7, 11) is 1.97. The summed E-state index contributed by atoms with van der Waals surface area (Å²) < 4.78 is 8.19. The Balaban J connectivity index is 2.10. The summed E-state index contributed by atoms with van der Waals surface area (Å²) >= 11 is 3.40. The third-order valence-corrected chi connectivity index (χ3v) is 3.56. The maximum atomic E-state index is 12.0. The van der Waals surface area contributed by atoms with Crippen LogP contribution in [0, 0.1) is 0 Å². The van der Waals surface area contributed by atoms with Crippen LogP contribution >= 0.6 is 15.9 Å². The Morgan fingerprint density at radius 3 is 2.72 bits per heavy atom. The lowest BCUT2D eigenvalue weighted by Crippen LogP contribution is -2.40. The number of carbonyl (C=O) groups excluding carboxylic acids is 1. The molecular weight excluding hydrogens is 298 g/mol. The van der Waals surface area contributed by atoms with Gasteiger partial charge in [-0.05, 0) is 36.7 Å². The van der Waals surface area contributed by atoms with E-state index in [4.69, 9.17) is 4.74 Å². The van der Waals surface area contributed by atoms with Crippen LogP contribution in [0.5, 0.6) is 0 Å². The van der Waals surface area contributed by atoms with E-state index in [1.807, 2.05) is 32.4 Å². The van der Waals surface area contributed by atoms with E-state index in [9.17, 15) is 4.79 Å². The van der Waals surface area contributed by atoms with Gasteiger partial charge in [-0.1, -0.05) is 0 Å². The van der Waals surface area contributed by atoms with Crippen LogP contribution in [0.4, 0.5) is 4.79 Å². The Morgan fingerprint density at radius 2 is 2.11 bits per heavy atom. The summed E-state index contributed by atoms with van der Waals surface area (Å²) in [5, 5.41) is 0. The highest BCUT2D eigenvalue weighted by atomic mass is 79.9. The number of nitrogens with zero attached hydrogens (tertiary/aromatic N) is 3. The van der Waals surface area contributed by atoms with Crippen LogP contribution in [-0.4, -0.2) is 32.7 Å². The van der Waals surface area contributed by atoms with Crippen LogP contribution in [0.1, 0.15) is 32.2 Å². The molecule has 1 aliphatic rings. The number of halogens is 1. The quantitative estimate of drug-likeness (QED) is 0.739. The number of carbonyl (C=O) groups is 1. The zero-order chi connectivity index (χ0) is 13.5. The Labute approximate surface area is 115 Å². The fraction of sp³-hybridized carbons (Fsp3) is 0.667. The fourth-order valence-electron chi connectivity index (χ4n) is 1.98. The predicted octanol–water partition coefficient (Wildman–Crippen LogP) is 2.48. The van der Waals surface area contributed by atoms with E-state index in [-0.39, 0.29) is 6.09 Å². The van der Waals surface area contributed by atoms with Crippen LogP contribution in [0.2, 0.25) is 0 Å².